The van der Waals surface area contributed by atoms with Crippen molar-refractivity contribution in [2.75, 3.05) is 18.0 Å². The van der Waals surface area contributed by atoms with Gasteiger partial charge in [0, 0.05) is 31.2 Å². The minimum atomic E-state index is 0.790. The Morgan fingerprint density at radius 2 is 1.92 bits per heavy atom. The molecule has 3 rings (SSSR count). The number of nitrogens with zero attached hydrogens (tertiary/aromatic N) is 3. The fraction of sp³-hybridized carbons (Fsp3) is 0.667. The van der Waals surface area contributed by atoms with Crippen molar-refractivity contribution in [2.24, 2.45) is 18.9 Å². The highest BCUT2D eigenvalue weighted by Gasteiger charge is 2.20. The first-order chi connectivity index (χ1) is 11.7. The molecule has 0 spiro atoms. The van der Waals surface area contributed by atoms with Gasteiger partial charge in [-0.15, -0.1) is 0 Å². The lowest BCUT2D eigenvalue weighted by Gasteiger charge is -2.34. The van der Waals surface area contributed by atoms with Crippen LogP contribution in [0.4, 0.5) is 5.69 Å². The first-order valence-electron chi connectivity index (χ1n) is 9.88. The predicted octanol–water partition coefficient (Wildman–Crippen LogP) is 5.40. The SMILES string of the molecule is CCC(CC)CN(CC1CCCCC1)c1ccc2c(cnn2C)c1. The molecular formula is C21H33N3. The summed E-state index contributed by atoms with van der Waals surface area (Å²) in [5.74, 6) is 1.66. The van der Waals surface area contributed by atoms with Gasteiger partial charge in [0.1, 0.15) is 0 Å². The highest BCUT2D eigenvalue weighted by Crippen LogP contribution is 2.29. The van der Waals surface area contributed by atoms with Crippen LogP contribution >= 0.6 is 0 Å². The Balaban J connectivity index is 1.82. The second kappa shape index (κ2) is 8.04. The molecule has 0 amide bonds. The summed E-state index contributed by atoms with van der Waals surface area (Å²) in [5, 5.41) is 5.66. The number of rotatable bonds is 7. The van der Waals surface area contributed by atoms with Crippen LogP contribution in [0.15, 0.2) is 24.4 Å². The van der Waals surface area contributed by atoms with Crippen LogP contribution < -0.4 is 4.90 Å². The van der Waals surface area contributed by atoms with Gasteiger partial charge < -0.3 is 4.90 Å². The molecule has 2 aromatic rings. The molecule has 1 aromatic heterocycles. The van der Waals surface area contributed by atoms with Crippen molar-refractivity contribution < 1.29 is 0 Å². The first kappa shape index (κ1) is 17.3. The van der Waals surface area contributed by atoms with E-state index in [1.54, 1.807) is 0 Å². The highest BCUT2D eigenvalue weighted by atomic mass is 15.2. The van der Waals surface area contributed by atoms with Gasteiger partial charge in [-0.1, -0.05) is 46.0 Å². The minimum Gasteiger partial charge on any atom is -0.371 e. The molecule has 0 unspecified atom stereocenters. The lowest BCUT2D eigenvalue weighted by atomic mass is 9.88. The molecule has 0 radical (unpaired) electrons. The van der Waals surface area contributed by atoms with Gasteiger partial charge >= 0.3 is 0 Å². The van der Waals surface area contributed by atoms with E-state index in [1.807, 2.05) is 17.9 Å². The Kier molecular flexibility index (Phi) is 5.80. The lowest BCUT2D eigenvalue weighted by Crippen LogP contribution is -2.34. The van der Waals surface area contributed by atoms with Gasteiger partial charge in [-0.3, -0.25) is 4.68 Å². The van der Waals surface area contributed by atoms with Crippen LogP contribution in [0.2, 0.25) is 0 Å². The molecule has 0 aliphatic heterocycles. The van der Waals surface area contributed by atoms with E-state index >= 15 is 0 Å². The zero-order valence-electron chi connectivity index (χ0n) is 15.7. The molecule has 1 aliphatic carbocycles. The van der Waals surface area contributed by atoms with Crippen LogP contribution in [0.1, 0.15) is 58.8 Å². The largest absolute Gasteiger partial charge is 0.371 e. The number of anilines is 1. The molecule has 24 heavy (non-hydrogen) atoms. The van der Waals surface area contributed by atoms with E-state index in [-0.39, 0.29) is 0 Å². The lowest BCUT2D eigenvalue weighted by molar-refractivity contribution is 0.349. The topological polar surface area (TPSA) is 21.1 Å². The molecule has 0 saturated heterocycles. The molecular weight excluding hydrogens is 294 g/mol. The van der Waals surface area contributed by atoms with Crippen molar-refractivity contribution in [3.05, 3.63) is 24.4 Å². The molecule has 1 heterocycles. The fourth-order valence-corrected chi connectivity index (χ4v) is 4.17. The zero-order valence-corrected chi connectivity index (χ0v) is 15.7. The summed E-state index contributed by atoms with van der Waals surface area (Å²) in [7, 11) is 2.02. The summed E-state index contributed by atoms with van der Waals surface area (Å²) in [6, 6.07) is 6.88. The third-order valence-electron chi connectivity index (χ3n) is 5.93. The van der Waals surface area contributed by atoms with Gasteiger partial charge in [-0.25, -0.2) is 0 Å². The molecule has 0 bridgehead atoms. The third-order valence-corrected chi connectivity index (χ3v) is 5.93. The molecule has 1 fully saturated rings. The van der Waals surface area contributed by atoms with E-state index in [0.29, 0.717) is 0 Å². The zero-order chi connectivity index (χ0) is 16.9. The van der Waals surface area contributed by atoms with Crippen molar-refractivity contribution >= 4 is 16.6 Å². The molecule has 0 atom stereocenters. The second-order valence-corrected chi connectivity index (χ2v) is 7.60. The Morgan fingerprint density at radius 1 is 1.17 bits per heavy atom. The van der Waals surface area contributed by atoms with E-state index in [4.69, 9.17) is 0 Å². The van der Waals surface area contributed by atoms with Gasteiger partial charge in [-0.2, -0.15) is 5.10 Å². The van der Waals surface area contributed by atoms with E-state index in [1.165, 1.54) is 74.6 Å². The normalized spacial score (nSPS) is 16.2. The fourth-order valence-electron chi connectivity index (χ4n) is 4.17. The van der Waals surface area contributed by atoms with E-state index in [2.05, 4.69) is 42.0 Å². The van der Waals surface area contributed by atoms with Crippen molar-refractivity contribution in [3.8, 4) is 0 Å². The summed E-state index contributed by atoms with van der Waals surface area (Å²) in [6.07, 6.45) is 11.6. The Bertz CT molecular complexity index is 636. The summed E-state index contributed by atoms with van der Waals surface area (Å²) < 4.78 is 1.96. The van der Waals surface area contributed by atoms with Gasteiger partial charge in [0.05, 0.1) is 11.7 Å². The van der Waals surface area contributed by atoms with E-state index in [0.717, 1.165) is 11.8 Å². The van der Waals surface area contributed by atoms with Crippen LogP contribution in [0, 0.1) is 11.8 Å². The average molecular weight is 328 g/mol. The van der Waals surface area contributed by atoms with Gasteiger partial charge in [-0.05, 0) is 42.9 Å². The third kappa shape index (κ3) is 3.93. The smallest absolute Gasteiger partial charge is 0.0680 e. The van der Waals surface area contributed by atoms with Gasteiger partial charge in [0.15, 0.2) is 0 Å². The predicted molar refractivity (Wildman–Crippen MR) is 104 cm³/mol. The summed E-state index contributed by atoms with van der Waals surface area (Å²) in [5.41, 5.74) is 2.60. The van der Waals surface area contributed by atoms with Crippen molar-refractivity contribution in [1.29, 1.82) is 0 Å². The molecule has 0 N–H and O–H groups in total. The van der Waals surface area contributed by atoms with Crippen LogP contribution in [-0.2, 0) is 7.05 Å². The quantitative estimate of drug-likeness (QED) is 0.679. The number of hydrogen-bond donors (Lipinski definition) is 0. The monoisotopic (exact) mass is 327 g/mol. The maximum Gasteiger partial charge on any atom is 0.0680 e. The number of fused-ring (bicyclic) bond motifs is 1. The number of benzene rings is 1. The van der Waals surface area contributed by atoms with Crippen LogP contribution in [0.25, 0.3) is 10.9 Å². The van der Waals surface area contributed by atoms with Crippen LogP contribution in [0.5, 0.6) is 0 Å². The Morgan fingerprint density at radius 3 is 2.62 bits per heavy atom. The Labute approximate surface area is 147 Å². The summed E-state index contributed by atoms with van der Waals surface area (Å²) >= 11 is 0. The molecule has 132 valence electrons. The summed E-state index contributed by atoms with van der Waals surface area (Å²) in [4.78, 5) is 2.67. The minimum absolute atomic E-state index is 0.790. The highest BCUT2D eigenvalue weighted by molar-refractivity contribution is 5.82. The molecule has 3 nitrogen and oxygen atoms in total. The van der Waals surface area contributed by atoms with Crippen molar-refractivity contribution in [1.82, 2.24) is 9.78 Å². The van der Waals surface area contributed by atoms with Crippen molar-refractivity contribution in [3.63, 3.8) is 0 Å². The standard InChI is InChI=1S/C21H33N3/c1-4-17(5-2)15-24(16-18-9-7-6-8-10-18)20-11-12-21-19(13-20)14-22-23(21)3/h11-14,17-18H,4-10,15-16H2,1-3H3. The Hall–Kier alpha value is -1.51. The average Bonchev–Trinajstić information content (AvgIpc) is 3.00. The van der Waals surface area contributed by atoms with Gasteiger partial charge in [0.25, 0.3) is 0 Å². The van der Waals surface area contributed by atoms with E-state index in [9.17, 15) is 0 Å². The number of hydrogen-bond acceptors (Lipinski definition) is 2. The van der Waals surface area contributed by atoms with Crippen molar-refractivity contribution in [2.45, 2.75) is 58.8 Å². The van der Waals surface area contributed by atoms with Gasteiger partial charge in [0.2, 0.25) is 0 Å². The molecule has 1 aliphatic rings. The first-order valence-corrected chi connectivity index (χ1v) is 9.88. The van der Waals surface area contributed by atoms with E-state index < -0.39 is 0 Å². The maximum absolute atomic E-state index is 4.40. The molecule has 1 saturated carbocycles. The maximum atomic E-state index is 4.40. The van der Waals surface area contributed by atoms with Crippen LogP contribution in [0.3, 0.4) is 0 Å². The second-order valence-electron chi connectivity index (χ2n) is 7.60. The summed E-state index contributed by atoms with van der Waals surface area (Å²) in [6.45, 7) is 7.08. The number of aryl methyl sites for hydroxylation is 1. The molecule has 3 heteroatoms. The number of aromatic nitrogens is 2. The molecule has 1 aromatic carbocycles. The van der Waals surface area contributed by atoms with Crippen LogP contribution in [-0.4, -0.2) is 22.9 Å².